The fourth-order valence-electron chi connectivity index (χ4n) is 6.96. The standard InChI is InChI=1S/C47H83O15P/c1-3-5-7-9-11-13-15-17-18-19-21-23-25-27-29-33-40(50)59-35-37(36-60-63(57,58)62-47-45(55)43(53)42(52)44(54)46(47)56)61-41(51)34-30-32-39(49)38(48)31-28-26-24-22-20-16-14-12-10-8-6-4-2/h6,8,12,14,20,22,26,28,37-39,42-49,52-56H,3-5,7,9-11,13,15-19,21,23-25,27,29-36H2,1-2H3,(H,57,58)/b8-6-,14-12-,22-20-,28-26-/t37-,38-,39-,42?,43-,44+,45-,46-,47?/m1/s1. The Hall–Kier alpha value is -2.27. The summed E-state index contributed by atoms with van der Waals surface area (Å²) < 4.78 is 33.3. The molecule has 0 saturated heterocycles. The molecule has 0 aromatic rings. The number of hydrogen-bond donors (Lipinski definition) is 8. The second kappa shape index (κ2) is 36.9. The van der Waals surface area contributed by atoms with Crippen LogP contribution in [0, 0.1) is 0 Å². The van der Waals surface area contributed by atoms with Crippen LogP contribution in [-0.2, 0) is 32.7 Å². The topological polar surface area (TPSA) is 250 Å². The van der Waals surface area contributed by atoms with Gasteiger partial charge < -0.3 is 50.1 Å². The lowest BCUT2D eigenvalue weighted by molar-refractivity contribution is -0.220. The van der Waals surface area contributed by atoms with E-state index < -0.39 is 87.9 Å². The third-order valence-corrected chi connectivity index (χ3v) is 11.9. The molecule has 0 bridgehead atoms. The molecule has 366 valence electrons. The molecule has 8 N–H and O–H groups in total. The molecule has 1 aliphatic rings. The van der Waals surface area contributed by atoms with Crippen molar-refractivity contribution in [1.82, 2.24) is 0 Å². The van der Waals surface area contributed by atoms with Gasteiger partial charge in [-0.2, -0.15) is 0 Å². The molecular formula is C47H83O15P. The molecule has 0 aromatic heterocycles. The number of ether oxygens (including phenoxy) is 2. The predicted octanol–water partition coefficient (Wildman–Crippen LogP) is 7.11. The summed E-state index contributed by atoms with van der Waals surface area (Å²) in [4.78, 5) is 35.8. The van der Waals surface area contributed by atoms with E-state index in [4.69, 9.17) is 18.5 Å². The molecule has 16 heteroatoms. The smallest absolute Gasteiger partial charge is 0.462 e. The van der Waals surface area contributed by atoms with Crippen molar-refractivity contribution >= 4 is 19.8 Å². The lowest BCUT2D eigenvalue weighted by Gasteiger charge is -2.41. The largest absolute Gasteiger partial charge is 0.472 e. The number of hydrogen-bond acceptors (Lipinski definition) is 14. The quantitative estimate of drug-likeness (QED) is 0.0133. The van der Waals surface area contributed by atoms with Gasteiger partial charge in [-0.3, -0.25) is 18.6 Å². The van der Waals surface area contributed by atoms with Gasteiger partial charge in [-0.05, 0) is 51.4 Å². The molecule has 0 radical (unpaired) electrons. The Bertz CT molecular complexity index is 1320. The Balaban J connectivity index is 2.57. The van der Waals surface area contributed by atoms with Crippen LogP contribution in [0.1, 0.15) is 168 Å². The predicted molar refractivity (Wildman–Crippen MR) is 242 cm³/mol. The van der Waals surface area contributed by atoms with E-state index in [1.165, 1.54) is 64.2 Å². The Morgan fingerprint density at radius 3 is 1.51 bits per heavy atom. The van der Waals surface area contributed by atoms with E-state index in [9.17, 15) is 54.8 Å². The molecule has 1 fully saturated rings. The number of aliphatic hydroxyl groups is 7. The Kier molecular flexibility index (Phi) is 34.4. The second-order valence-electron chi connectivity index (χ2n) is 16.5. The van der Waals surface area contributed by atoms with Gasteiger partial charge in [0, 0.05) is 12.8 Å². The van der Waals surface area contributed by atoms with Crippen LogP contribution in [-0.4, -0.2) is 121 Å². The van der Waals surface area contributed by atoms with Crippen molar-refractivity contribution in [3.8, 4) is 0 Å². The molecule has 1 aliphatic carbocycles. The zero-order valence-corrected chi connectivity index (χ0v) is 39.0. The van der Waals surface area contributed by atoms with Gasteiger partial charge in [0.25, 0.3) is 0 Å². The van der Waals surface area contributed by atoms with Crippen molar-refractivity contribution < 1.29 is 73.3 Å². The molecule has 0 aliphatic heterocycles. The summed E-state index contributed by atoms with van der Waals surface area (Å²) in [5.74, 6) is -1.38. The average Bonchev–Trinajstić information content (AvgIpc) is 3.26. The third kappa shape index (κ3) is 29.1. The number of aliphatic hydroxyl groups excluding tert-OH is 7. The van der Waals surface area contributed by atoms with Crippen LogP contribution in [0.4, 0.5) is 0 Å². The van der Waals surface area contributed by atoms with Crippen molar-refractivity contribution in [2.24, 2.45) is 0 Å². The molecular weight excluding hydrogens is 835 g/mol. The highest BCUT2D eigenvalue weighted by Gasteiger charge is 2.51. The van der Waals surface area contributed by atoms with Gasteiger partial charge in [0.05, 0.1) is 18.8 Å². The highest BCUT2D eigenvalue weighted by atomic mass is 31.2. The van der Waals surface area contributed by atoms with Gasteiger partial charge >= 0.3 is 19.8 Å². The summed E-state index contributed by atoms with van der Waals surface area (Å²) in [5, 5.41) is 71.0. The Morgan fingerprint density at radius 1 is 0.556 bits per heavy atom. The maximum Gasteiger partial charge on any atom is 0.472 e. The van der Waals surface area contributed by atoms with E-state index in [1.807, 2.05) is 18.2 Å². The highest BCUT2D eigenvalue weighted by molar-refractivity contribution is 7.47. The van der Waals surface area contributed by atoms with Crippen LogP contribution in [0.15, 0.2) is 48.6 Å². The summed E-state index contributed by atoms with van der Waals surface area (Å²) in [7, 11) is -5.20. The molecule has 0 aromatic carbocycles. The van der Waals surface area contributed by atoms with Crippen LogP contribution in [0.2, 0.25) is 0 Å². The summed E-state index contributed by atoms with van der Waals surface area (Å²) in [6.07, 6.45) is 21.7. The third-order valence-electron chi connectivity index (χ3n) is 10.9. The number of phosphoric ester groups is 1. The van der Waals surface area contributed by atoms with Gasteiger partial charge in [-0.15, -0.1) is 0 Å². The number of rotatable bonds is 38. The van der Waals surface area contributed by atoms with Crippen molar-refractivity contribution in [2.75, 3.05) is 13.2 Å². The van der Waals surface area contributed by atoms with E-state index in [0.29, 0.717) is 12.8 Å². The van der Waals surface area contributed by atoms with Crippen molar-refractivity contribution in [3.63, 3.8) is 0 Å². The minimum Gasteiger partial charge on any atom is -0.462 e. The molecule has 1 rings (SSSR count). The lowest BCUT2D eigenvalue weighted by Crippen LogP contribution is -2.64. The van der Waals surface area contributed by atoms with Gasteiger partial charge in [0.2, 0.25) is 0 Å². The summed E-state index contributed by atoms with van der Waals surface area (Å²) in [6.45, 7) is 2.94. The van der Waals surface area contributed by atoms with E-state index >= 15 is 0 Å². The first kappa shape index (κ1) is 58.7. The lowest BCUT2D eigenvalue weighted by atomic mass is 9.85. The minimum atomic E-state index is -5.20. The van der Waals surface area contributed by atoms with E-state index in [-0.39, 0.29) is 32.1 Å². The van der Waals surface area contributed by atoms with Crippen LogP contribution in [0.25, 0.3) is 0 Å². The van der Waals surface area contributed by atoms with Crippen LogP contribution in [0.3, 0.4) is 0 Å². The normalized spacial score (nSPS) is 23.1. The fraction of sp³-hybridized carbons (Fsp3) is 0.787. The highest BCUT2D eigenvalue weighted by Crippen LogP contribution is 2.47. The first-order valence-electron chi connectivity index (χ1n) is 23.6. The van der Waals surface area contributed by atoms with Gasteiger partial charge in [-0.1, -0.05) is 152 Å². The summed E-state index contributed by atoms with van der Waals surface area (Å²) in [5.41, 5.74) is 0. The fourth-order valence-corrected chi connectivity index (χ4v) is 7.94. The van der Waals surface area contributed by atoms with Crippen LogP contribution >= 0.6 is 7.82 Å². The zero-order chi connectivity index (χ0) is 46.7. The number of phosphoric acid groups is 1. The van der Waals surface area contributed by atoms with Crippen molar-refractivity contribution in [3.05, 3.63) is 48.6 Å². The second-order valence-corrected chi connectivity index (χ2v) is 18.0. The maximum atomic E-state index is 12.8. The number of unbranched alkanes of at least 4 members (excludes halogenated alkanes) is 14. The van der Waals surface area contributed by atoms with E-state index in [0.717, 1.165) is 44.9 Å². The first-order chi connectivity index (χ1) is 30.2. The number of carbonyl (C=O) groups is 2. The van der Waals surface area contributed by atoms with Crippen LogP contribution in [0.5, 0.6) is 0 Å². The maximum absolute atomic E-state index is 12.8. The van der Waals surface area contributed by atoms with Crippen molar-refractivity contribution in [2.45, 2.75) is 223 Å². The number of allylic oxidation sites excluding steroid dienone is 7. The average molecular weight is 919 g/mol. The van der Waals surface area contributed by atoms with Gasteiger partial charge in [0.1, 0.15) is 43.2 Å². The van der Waals surface area contributed by atoms with Crippen LogP contribution < -0.4 is 0 Å². The molecule has 1 saturated carbocycles. The minimum absolute atomic E-state index is 0.0668. The molecule has 0 spiro atoms. The molecule has 15 nitrogen and oxygen atoms in total. The van der Waals surface area contributed by atoms with E-state index in [2.05, 4.69) is 38.2 Å². The van der Waals surface area contributed by atoms with Crippen molar-refractivity contribution in [1.29, 1.82) is 0 Å². The van der Waals surface area contributed by atoms with E-state index in [1.54, 1.807) is 6.08 Å². The first-order valence-corrected chi connectivity index (χ1v) is 25.1. The zero-order valence-electron chi connectivity index (χ0n) is 38.1. The molecule has 0 amide bonds. The summed E-state index contributed by atoms with van der Waals surface area (Å²) in [6, 6.07) is 0. The van der Waals surface area contributed by atoms with Gasteiger partial charge in [-0.25, -0.2) is 4.57 Å². The number of esters is 2. The number of carbonyl (C=O) groups excluding carboxylic acids is 2. The van der Waals surface area contributed by atoms with Gasteiger partial charge in [0.15, 0.2) is 6.10 Å². The molecule has 3 unspecified atom stereocenters. The summed E-state index contributed by atoms with van der Waals surface area (Å²) >= 11 is 0. The SMILES string of the molecule is CC/C=C\C/C=C\C/C=C\C/C=C\C[C@@H](O)[C@H](O)CCCC(=O)O[C@H](COC(=O)CCCCCCCCCCCCCCCCC)COP(=O)(O)OC1[C@H](O)[C@H](O)C(O)[C@H](O)[C@H]1O. The Morgan fingerprint density at radius 2 is 1.00 bits per heavy atom. The monoisotopic (exact) mass is 919 g/mol. The molecule has 0 heterocycles. The molecule has 10 atom stereocenters. The Labute approximate surface area is 376 Å². The molecule has 63 heavy (non-hydrogen) atoms.